The van der Waals surface area contributed by atoms with E-state index in [9.17, 15) is 4.79 Å². The molecular formula is C17H17N3O. The van der Waals surface area contributed by atoms with Gasteiger partial charge in [-0.2, -0.15) is 5.10 Å². The fourth-order valence-electron chi connectivity index (χ4n) is 2.43. The Morgan fingerprint density at radius 3 is 2.62 bits per heavy atom. The van der Waals surface area contributed by atoms with Gasteiger partial charge in [0.15, 0.2) is 0 Å². The molecule has 0 radical (unpaired) electrons. The van der Waals surface area contributed by atoms with E-state index in [-0.39, 0.29) is 11.8 Å². The lowest BCUT2D eigenvalue weighted by atomic mass is 10.1. The number of carbonyl (C=O) groups excluding carboxylic acids is 1. The Morgan fingerprint density at radius 1 is 1.19 bits per heavy atom. The number of amides is 1. The highest BCUT2D eigenvalue weighted by Gasteiger charge is 2.43. The molecule has 4 nitrogen and oxygen atoms in total. The third-order valence-corrected chi connectivity index (χ3v) is 3.79. The highest BCUT2D eigenvalue weighted by molar-refractivity contribution is 5.99. The summed E-state index contributed by atoms with van der Waals surface area (Å²) in [5.41, 5.74) is 5.64. The van der Waals surface area contributed by atoms with Crippen LogP contribution in [0.4, 0.5) is 0 Å². The first-order chi connectivity index (χ1) is 10.3. The Labute approximate surface area is 123 Å². The number of nitrogens with zero attached hydrogens (tertiary/aromatic N) is 2. The molecule has 0 unspecified atom stereocenters. The van der Waals surface area contributed by atoms with E-state index in [0.717, 1.165) is 17.7 Å². The summed E-state index contributed by atoms with van der Waals surface area (Å²) in [6, 6.07) is 13.9. The van der Waals surface area contributed by atoms with Crippen molar-refractivity contribution in [3.63, 3.8) is 0 Å². The van der Waals surface area contributed by atoms with Crippen molar-refractivity contribution in [2.24, 2.45) is 11.0 Å². The summed E-state index contributed by atoms with van der Waals surface area (Å²) in [5.74, 6) is 0.376. The lowest BCUT2D eigenvalue weighted by molar-refractivity contribution is -0.122. The molecule has 2 atom stereocenters. The van der Waals surface area contributed by atoms with E-state index in [1.54, 1.807) is 12.4 Å². The van der Waals surface area contributed by atoms with Crippen LogP contribution in [-0.2, 0) is 4.79 Å². The molecule has 1 aromatic carbocycles. The van der Waals surface area contributed by atoms with Crippen molar-refractivity contribution in [1.82, 2.24) is 10.4 Å². The molecule has 1 aliphatic carbocycles. The van der Waals surface area contributed by atoms with Crippen molar-refractivity contribution in [2.75, 3.05) is 0 Å². The molecule has 4 heteroatoms. The van der Waals surface area contributed by atoms with Gasteiger partial charge in [0.2, 0.25) is 5.91 Å². The highest BCUT2D eigenvalue weighted by Crippen LogP contribution is 2.47. The highest BCUT2D eigenvalue weighted by atomic mass is 16.2. The number of nitrogens with one attached hydrogen (secondary N) is 1. The van der Waals surface area contributed by atoms with Crippen LogP contribution in [0.15, 0.2) is 60.0 Å². The number of aromatic nitrogens is 1. The Kier molecular flexibility index (Phi) is 3.77. The number of carbonyl (C=O) groups is 1. The minimum Gasteiger partial charge on any atom is -0.273 e. The normalized spacial score (nSPS) is 20.9. The van der Waals surface area contributed by atoms with Gasteiger partial charge in [0.25, 0.3) is 0 Å². The zero-order valence-corrected chi connectivity index (χ0v) is 11.9. The average Bonchev–Trinajstić information content (AvgIpc) is 3.35. The van der Waals surface area contributed by atoms with Crippen LogP contribution in [0.3, 0.4) is 0 Å². The zero-order valence-electron chi connectivity index (χ0n) is 11.9. The molecule has 2 aromatic rings. The largest absolute Gasteiger partial charge is 0.273 e. The summed E-state index contributed by atoms with van der Waals surface area (Å²) in [7, 11) is 0. The Hall–Kier alpha value is -2.49. The van der Waals surface area contributed by atoms with Crippen LogP contribution < -0.4 is 5.43 Å². The summed E-state index contributed by atoms with van der Waals surface area (Å²) in [5, 5.41) is 4.17. The molecule has 1 fully saturated rings. The second-order valence-corrected chi connectivity index (χ2v) is 5.27. The second kappa shape index (κ2) is 5.87. The SMILES string of the molecule is C/C(=N/NC(=O)[C@@H]1C[C@@H]1c1ccccc1)c1ccncc1. The molecule has 106 valence electrons. The number of pyridine rings is 1. The summed E-state index contributed by atoms with van der Waals surface area (Å²) in [6.45, 7) is 1.87. The third-order valence-electron chi connectivity index (χ3n) is 3.79. The summed E-state index contributed by atoms with van der Waals surface area (Å²) < 4.78 is 0. The van der Waals surface area contributed by atoms with Crippen LogP contribution in [0.5, 0.6) is 0 Å². The first-order valence-electron chi connectivity index (χ1n) is 7.05. The molecule has 0 spiro atoms. The van der Waals surface area contributed by atoms with Gasteiger partial charge in [-0.1, -0.05) is 30.3 Å². The standard InChI is InChI=1S/C17H17N3O/c1-12(13-7-9-18-10-8-13)19-20-17(21)16-11-15(16)14-5-3-2-4-6-14/h2-10,15-16H,11H2,1H3,(H,20,21)/b19-12-/t15-,16-/m1/s1. The van der Waals surface area contributed by atoms with E-state index in [0.29, 0.717) is 5.92 Å². The van der Waals surface area contributed by atoms with Crippen LogP contribution in [0, 0.1) is 5.92 Å². The molecule has 0 aliphatic heterocycles. The fraction of sp³-hybridized carbons (Fsp3) is 0.235. The van der Waals surface area contributed by atoms with Gasteiger partial charge in [0.05, 0.1) is 5.71 Å². The van der Waals surface area contributed by atoms with Crippen LogP contribution in [0.1, 0.15) is 30.4 Å². The van der Waals surface area contributed by atoms with Gasteiger partial charge < -0.3 is 0 Å². The monoisotopic (exact) mass is 279 g/mol. The van der Waals surface area contributed by atoms with Gasteiger partial charge in [0, 0.05) is 23.9 Å². The van der Waals surface area contributed by atoms with Crippen molar-refractivity contribution >= 4 is 11.6 Å². The Morgan fingerprint density at radius 2 is 1.90 bits per heavy atom. The maximum atomic E-state index is 12.1. The molecule has 0 saturated heterocycles. The van der Waals surface area contributed by atoms with Crippen LogP contribution in [0.2, 0.25) is 0 Å². The lowest BCUT2D eigenvalue weighted by Crippen LogP contribution is -2.21. The number of hydrazone groups is 1. The topological polar surface area (TPSA) is 54.4 Å². The summed E-state index contributed by atoms with van der Waals surface area (Å²) in [6.07, 6.45) is 4.32. The molecule has 1 saturated carbocycles. The third kappa shape index (κ3) is 3.16. The van der Waals surface area contributed by atoms with Crippen LogP contribution >= 0.6 is 0 Å². The molecule has 1 N–H and O–H groups in total. The van der Waals surface area contributed by atoms with Gasteiger partial charge in [-0.25, -0.2) is 5.43 Å². The molecule has 1 aliphatic rings. The van der Waals surface area contributed by atoms with Crippen LogP contribution in [-0.4, -0.2) is 16.6 Å². The molecule has 3 rings (SSSR count). The van der Waals surface area contributed by atoms with Crippen LogP contribution in [0.25, 0.3) is 0 Å². The molecule has 21 heavy (non-hydrogen) atoms. The van der Waals surface area contributed by atoms with Crippen molar-refractivity contribution in [1.29, 1.82) is 0 Å². The number of hydrogen-bond acceptors (Lipinski definition) is 3. The molecule has 0 bridgehead atoms. The van der Waals surface area contributed by atoms with E-state index >= 15 is 0 Å². The summed E-state index contributed by atoms with van der Waals surface area (Å²) >= 11 is 0. The van der Waals surface area contributed by atoms with Crippen molar-refractivity contribution in [3.05, 3.63) is 66.0 Å². The maximum Gasteiger partial charge on any atom is 0.243 e. The molecule has 1 aromatic heterocycles. The smallest absolute Gasteiger partial charge is 0.243 e. The van der Waals surface area contributed by atoms with Crippen molar-refractivity contribution in [2.45, 2.75) is 19.3 Å². The fourth-order valence-corrected chi connectivity index (χ4v) is 2.43. The minimum atomic E-state index is -0.00254. The lowest BCUT2D eigenvalue weighted by Gasteiger charge is -2.03. The van der Waals surface area contributed by atoms with Crippen molar-refractivity contribution in [3.8, 4) is 0 Å². The van der Waals surface area contributed by atoms with Gasteiger partial charge in [-0.15, -0.1) is 0 Å². The number of benzene rings is 1. The van der Waals surface area contributed by atoms with E-state index in [4.69, 9.17) is 0 Å². The first kappa shape index (κ1) is 13.5. The minimum absolute atomic E-state index is 0.00254. The van der Waals surface area contributed by atoms with Gasteiger partial charge in [-0.05, 0) is 37.0 Å². The Bertz CT molecular complexity index is 652. The first-order valence-corrected chi connectivity index (χ1v) is 7.05. The second-order valence-electron chi connectivity index (χ2n) is 5.27. The zero-order chi connectivity index (χ0) is 14.7. The van der Waals surface area contributed by atoms with E-state index in [2.05, 4.69) is 27.6 Å². The van der Waals surface area contributed by atoms with Gasteiger partial charge in [0.1, 0.15) is 0 Å². The molecule has 1 amide bonds. The Balaban J connectivity index is 1.59. The maximum absolute atomic E-state index is 12.1. The summed E-state index contributed by atoms with van der Waals surface area (Å²) in [4.78, 5) is 16.1. The number of hydrogen-bond donors (Lipinski definition) is 1. The van der Waals surface area contributed by atoms with Crippen molar-refractivity contribution < 1.29 is 4.79 Å². The molecule has 1 heterocycles. The van der Waals surface area contributed by atoms with Gasteiger partial charge in [-0.3, -0.25) is 9.78 Å². The van der Waals surface area contributed by atoms with E-state index in [1.807, 2.05) is 37.3 Å². The predicted octanol–water partition coefficient (Wildman–Crippen LogP) is 2.73. The van der Waals surface area contributed by atoms with E-state index < -0.39 is 0 Å². The quantitative estimate of drug-likeness (QED) is 0.691. The number of rotatable bonds is 4. The predicted molar refractivity (Wildman–Crippen MR) is 81.9 cm³/mol. The average molecular weight is 279 g/mol. The molecular weight excluding hydrogens is 262 g/mol. The van der Waals surface area contributed by atoms with E-state index in [1.165, 1.54) is 5.56 Å². The van der Waals surface area contributed by atoms with Gasteiger partial charge >= 0.3 is 0 Å².